The molecule has 0 radical (unpaired) electrons. The molecule has 4 rings (SSSR count). The highest BCUT2D eigenvalue weighted by molar-refractivity contribution is 7.09. The van der Waals surface area contributed by atoms with Gasteiger partial charge in [-0.3, -0.25) is 9.80 Å². The standard InChI is InChI=1S/C23H33N3OS/c1-27-23-7-6-19(15-20(23)17-25-10-2-3-11-25)16-24-21-8-12-26(13-9-21)18-22-5-4-14-28-22/h4-7,14-15,21,24H,2-3,8-13,16-18H2,1H3. The lowest BCUT2D eigenvalue weighted by Crippen LogP contribution is -2.41. The van der Waals surface area contributed by atoms with E-state index in [1.165, 1.54) is 67.9 Å². The van der Waals surface area contributed by atoms with Gasteiger partial charge in [0.1, 0.15) is 5.75 Å². The smallest absolute Gasteiger partial charge is 0.123 e. The van der Waals surface area contributed by atoms with Gasteiger partial charge in [-0.2, -0.15) is 0 Å². The van der Waals surface area contributed by atoms with Crippen molar-refractivity contribution in [2.75, 3.05) is 33.3 Å². The molecule has 0 unspecified atom stereocenters. The summed E-state index contributed by atoms with van der Waals surface area (Å²) in [5.41, 5.74) is 2.70. The number of thiophene rings is 1. The van der Waals surface area contributed by atoms with Gasteiger partial charge < -0.3 is 10.1 Å². The fourth-order valence-electron chi connectivity index (χ4n) is 4.43. The molecule has 2 fully saturated rings. The van der Waals surface area contributed by atoms with Gasteiger partial charge in [0.05, 0.1) is 7.11 Å². The Morgan fingerprint density at radius 3 is 2.54 bits per heavy atom. The van der Waals surface area contributed by atoms with Crippen LogP contribution in [0.5, 0.6) is 5.75 Å². The van der Waals surface area contributed by atoms with Crippen molar-refractivity contribution in [1.29, 1.82) is 0 Å². The minimum Gasteiger partial charge on any atom is -0.496 e. The summed E-state index contributed by atoms with van der Waals surface area (Å²) >= 11 is 1.87. The van der Waals surface area contributed by atoms with Crippen molar-refractivity contribution in [2.24, 2.45) is 0 Å². The summed E-state index contributed by atoms with van der Waals surface area (Å²) in [5.74, 6) is 1.03. The topological polar surface area (TPSA) is 27.7 Å². The van der Waals surface area contributed by atoms with Gasteiger partial charge in [-0.1, -0.05) is 12.1 Å². The third-order valence-electron chi connectivity index (χ3n) is 6.08. The molecule has 5 heteroatoms. The van der Waals surface area contributed by atoms with Crippen LogP contribution >= 0.6 is 11.3 Å². The molecule has 0 bridgehead atoms. The van der Waals surface area contributed by atoms with Gasteiger partial charge in [0.25, 0.3) is 0 Å². The van der Waals surface area contributed by atoms with Crippen LogP contribution in [0.3, 0.4) is 0 Å². The van der Waals surface area contributed by atoms with Crippen LogP contribution < -0.4 is 10.1 Å². The van der Waals surface area contributed by atoms with E-state index in [-0.39, 0.29) is 0 Å². The zero-order chi connectivity index (χ0) is 19.2. The van der Waals surface area contributed by atoms with Crippen LogP contribution in [0.2, 0.25) is 0 Å². The van der Waals surface area contributed by atoms with Gasteiger partial charge in [0.2, 0.25) is 0 Å². The average Bonchev–Trinajstić information content (AvgIpc) is 3.42. The fraction of sp³-hybridized carbons (Fsp3) is 0.565. The second-order valence-electron chi connectivity index (χ2n) is 8.14. The van der Waals surface area contributed by atoms with Crippen molar-refractivity contribution in [1.82, 2.24) is 15.1 Å². The Balaban J connectivity index is 1.26. The van der Waals surface area contributed by atoms with Crippen molar-refractivity contribution >= 4 is 11.3 Å². The maximum Gasteiger partial charge on any atom is 0.123 e. The number of piperidine rings is 1. The van der Waals surface area contributed by atoms with E-state index in [9.17, 15) is 0 Å². The molecule has 28 heavy (non-hydrogen) atoms. The first kappa shape index (κ1) is 19.9. The first-order chi connectivity index (χ1) is 13.8. The van der Waals surface area contributed by atoms with Crippen LogP contribution in [0.1, 0.15) is 41.7 Å². The van der Waals surface area contributed by atoms with E-state index in [0.29, 0.717) is 6.04 Å². The van der Waals surface area contributed by atoms with Gasteiger partial charge in [0.15, 0.2) is 0 Å². The third-order valence-corrected chi connectivity index (χ3v) is 6.94. The summed E-state index contributed by atoms with van der Waals surface area (Å²) in [7, 11) is 1.78. The van der Waals surface area contributed by atoms with E-state index >= 15 is 0 Å². The van der Waals surface area contributed by atoms with Gasteiger partial charge in [-0.25, -0.2) is 0 Å². The van der Waals surface area contributed by atoms with Crippen LogP contribution in [0.15, 0.2) is 35.7 Å². The second kappa shape index (κ2) is 9.88. The van der Waals surface area contributed by atoms with Gasteiger partial charge in [-0.05, 0) is 81.0 Å². The highest BCUT2D eigenvalue weighted by Gasteiger charge is 2.19. The summed E-state index contributed by atoms with van der Waals surface area (Å²) in [4.78, 5) is 6.61. The van der Waals surface area contributed by atoms with Gasteiger partial charge >= 0.3 is 0 Å². The first-order valence-corrected chi connectivity index (χ1v) is 11.5. The van der Waals surface area contributed by atoms with Crippen LogP contribution in [0.4, 0.5) is 0 Å². The maximum absolute atomic E-state index is 5.61. The molecule has 3 heterocycles. The lowest BCUT2D eigenvalue weighted by atomic mass is 10.0. The maximum atomic E-state index is 5.61. The monoisotopic (exact) mass is 399 g/mol. The highest BCUT2D eigenvalue weighted by Crippen LogP contribution is 2.24. The van der Waals surface area contributed by atoms with E-state index in [1.54, 1.807) is 7.11 Å². The second-order valence-corrected chi connectivity index (χ2v) is 9.17. The summed E-state index contributed by atoms with van der Waals surface area (Å²) in [5, 5.41) is 5.97. The van der Waals surface area contributed by atoms with Gasteiger partial charge in [0, 0.05) is 36.1 Å². The molecule has 0 atom stereocenters. The number of hydrogen-bond acceptors (Lipinski definition) is 5. The van der Waals surface area contributed by atoms with Crippen molar-refractivity contribution in [3.63, 3.8) is 0 Å². The minimum absolute atomic E-state index is 0.628. The predicted molar refractivity (Wildman–Crippen MR) is 117 cm³/mol. The lowest BCUT2D eigenvalue weighted by Gasteiger charge is -2.32. The van der Waals surface area contributed by atoms with Crippen molar-refractivity contribution < 1.29 is 4.74 Å². The molecule has 0 aliphatic carbocycles. The SMILES string of the molecule is COc1ccc(CNC2CCN(Cc3cccs3)CC2)cc1CN1CCCC1. The van der Waals surface area contributed by atoms with Crippen molar-refractivity contribution in [3.8, 4) is 5.75 Å². The van der Waals surface area contributed by atoms with Crippen LogP contribution in [-0.2, 0) is 19.6 Å². The van der Waals surface area contributed by atoms with E-state index in [0.717, 1.165) is 25.4 Å². The number of nitrogens with one attached hydrogen (secondary N) is 1. The van der Waals surface area contributed by atoms with Crippen LogP contribution in [0.25, 0.3) is 0 Å². The third kappa shape index (κ3) is 5.35. The number of methoxy groups -OCH3 is 1. The Hall–Kier alpha value is -1.40. The largest absolute Gasteiger partial charge is 0.496 e. The lowest BCUT2D eigenvalue weighted by molar-refractivity contribution is 0.191. The number of likely N-dealkylation sites (tertiary alicyclic amines) is 2. The zero-order valence-corrected chi connectivity index (χ0v) is 17.8. The molecule has 2 saturated heterocycles. The number of rotatable bonds is 8. The van der Waals surface area contributed by atoms with Crippen LogP contribution in [0, 0.1) is 0 Å². The van der Waals surface area contributed by atoms with Crippen molar-refractivity contribution in [3.05, 3.63) is 51.7 Å². The number of ether oxygens (including phenoxy) is 1. The Morgan fingerprint density at radius 2 is 1.82 bits per heavy atom. The molecule has 0 amide bonds. The summed E-state index contributed by atoms with van der Waals surface area (Å²) in [6.07, 6.45) is 5.13. The fourth-order valence-corrected chi connectivity index (χ4v) is 5.17. The Bertz CT molecular complexity index is 719. The van der Waals surface area contributed by atoms with E-state index < -0.39 is 0 Å². The Kier molecular flexibility index (Phi) is 7.02. The Labute approximate surface area is 173 Å². The average molecular weight is 400 g/mol. The van der Waals surface area contributed by atoms with Crippen LogP contribution in [-0.4, -0.2) is 49.1 Å². The zero-order valence-electron chi connectivity index (χ0n) is 17.0. The molecule has 2 aromatic rings. The minimum atomic E-state index is 0.628. The molecule has 0 saturated carbocycles. The number of benzene rings is 1. The highest BCUT2D eigenvalue weighted by atomic mass is 32.1. The van der Waals surface area contributed by atoms with E-state index in [1.807, 2.05) is 11.3 Å². The quantitative estimate of drug-likeness (QED) is 0.723. The molecule has 4 nitrogen and oxygen atoms in total. The molecule has 1 N–H and O–H groups in total. The molecule has 152 valence electrons. The molecule has 0 spiro atoms. The summed E-state index contributed by atoms with van der Waals surface area (Å²) in [6, 6.07) is 11.7. The number of hydrogen-bond donors (Lipinski definition) is 1. The van der Waals surface area contributed by atoms with E-state index in [2.05, 4.69) is 50.8 Å². The van der Waals surface area contributed by atoms with Gasteiger partial charge in [-0.15, -0.1) is 11.3 Å². The molecule has 2 aliphatic rings. The molecule has 2 aliphatic heterocycles. The van der Waals surface area contributed by atoms with Crippen molar-refractivity contribution in [2.45, 2.75) is 51.4 Å². The molecule has 1 aromatic carbocycles. The predicted octanol–water partition coefficient (Wildman–Crippen LogP) is 4.11. The number of nitrogens with zero attached hydrogens (tertiary/aromatic N) is 2. The summed E-state index contributed by atoms with van der Waals surface area (Å²) < 4.78 is 5.61. The molecular weight excluding hydrogens is 366 g/mol. The van der Waals surface area contributed by atoms with E-state index in [4.69, 9.17) is 4.74 Å². The molecule has 1 aromatic heterocycles. The molecular formula is C23H33N3OS. The Morgan fingerprint density at radius 1 is 1.04 bits per heavy atom. The normalized spacial score (nSPS) is 19.3. The summed E-state index contributed by atoms with van der Waals surface area (Å²) in [6.45, 7) is 7.90. The first-order valence-electron chi connectivity index (χ1n) is 10.7.